The first kappa shape index (κ1) is 16.5. The van der Waals surface area contributed by atoms with Crippen molar-refractivity contribution in [3.63, 3.8) is 0 Å². The van der Waals surface area contributed by atoms with Crippen LogP contribution in [0.1, 0.15) is 62.9 Å². The van der Waals surface area contributed by atoms with Crippen molar-refractivity contribution in [2.45, 2.75) is 85.0 Å². The Morgan fingerprint density at radius 1 is 1.24 bits per heavy atom. The SMILES string of the molecule is Cc1nn(CCO)c(C)c1CN(C(C)C)C1CCCCC1. The van der Waals surface area contributed by atoms with Crippen LogP contribution in [0.4, 0.5) is 0 Å². The van der Waals surface area contributed by atoms with Gasteiger partial charge in [-0.05, 0) is 40.5 Å². The van der Waals surface area contributed by atoms with Gasteiger partial charge in [0.05, 0.1) is 18.8 Å². The van der Waals surface area contributed by atoms with Crippen molar-refractivity contribution in [1.29, 1.82) is 0 Å². The van der Waals surface area contributed by atoms with Gasteiger partial charge in [-0.25, -0.2) is 0 Å². The van der Waals surface area contributed by atoms with Gasteiger partial charge in [-0.1, -0.05) is 19.3 Å². The first-order valence-electron chi connectivity index (χ1n) is 8.44. The molecule has 1 aromatic heterocycles. The van der Waals surface area contributed by atoms with Gasteiger partial charge in [-0.3, -0.25) is 9.58 Å². The summed E-state index contributed by atoms with van der Waals surface area (Å²) in [4.78, 5) is 2.65. The van der Waals surface area contributed by atoms with Crippen LogP contribution in [0.3, 0.4) is 0 Å². The van der Waals surface area contributed by atoms with Crippen molar-refractivity contribution in [1.82, 2.24) is 14.7 Å². The second kappa shape index (κ2) is 7.41. The van der Waals surface area contributed by atoms with Crippen LogP contribution in [-0.2, 0) is 13.1 Å². The minimum atomic E-state index is 0.151. The lowest BCUT2D eigenvalue weighted by Gasteiger charge is -2.37. The molecule has 1 fully saturated rings. The standard InChI is InChI=1S/C17H31N3O/c1-13(2)19(16-8-6-5-7-9-16)12-17-14(3)18-20(10-11-21)15(17)4/h13,16,21H,5-12H2,1-4H3. The molecule has 0 bridgehead atoms. The molecule has 1 N–H and O–H groups in total. The van der Waals surface area contributed by atoms with Crippen LogP contribution >= 0.6 is 0 Å². The highest BCUT2D eigenvalue weighted by molar-refractivity contribution is 5.24. The maximum absolute atomic E-state index is 9.15. The number of aliphatic hydroxyl groups excluding tert-OH is 1. The highest BCUT2D eigenvalue weighted by Gasteiger charge is 2.25. The maximum Gasteiger partial charge on any atom is 0.0644 e. The Balaban J connectivity index is 2.16. The third-order valence-corrected chi connectivity index (χ3v) is 4.89. The zero-order chi connectivity index (χ0) is 15.4. The minimum Gasteiger partial charge on any atom is -0.394 e. The molecule has 0 unspecified atom stereocenters. The number of aryl methyl sites for hydroxylation is 1. The lowest BCUT2D eigenvalue weighted by atomic mass is 9.93. The molecule has 1 heterocycles. The molecule has 4 nitrogen and oxygen atoms in total. The third-order valence-electron chi connectivity index (χ3n) is 4.89. The maximum atomic E-state index is 9.15. The number of hydrogen-bond acceptors (Lipinski definition) is 3. The molecular weight excluding hydrogens is 262 g/mol. The molecule has 120 valence electrons. The first-order chi connectivity index (χ1) is 10.0. The Kier molecular flexibility index (Phi) is 5.82. The van der Waals surface area contributed by atoms with Gasteiger partial charge in [0.2, 0.25) is 0 Å². The van der Waals surface area contributed by atoms with Gasteiger partial charge in [0.1, 0.15) is 0 Å². The zero-order valence-corrected chi connectivity index (χ0v) is 14.1. The van der Waals surface area contributed by atoms with Gasteiger partial charge in [-0.2, -0.15) is 5.10 Å². The summed E-state index contributed by atoms with van der Waals surface area (Å²) >= 11 is 0. The first-order valence-corrected chi connectivity index (χ1v) is 8.44. The van der Waals surface area contributed by atoms with Crippen molar-refractivity contribution in [2.75, 3.05) is 6.61 Å². The van der Waals surface area contributed by atoms with E-state index in [1.165, 1.54) is 43.4 Å². The average molecular weight is 293 g/mol. The summed E-state index contributed by atoms with van der Waals surface area (Å²) in [5, 5.41) is 13.7. The van der Waals surface area contributed by atoms with E-state index in [2.05, 4.69) is 37.7 Å². The quantitative estimate of drug-likeness (QED) is 0.876. The fraction of sp³-hybridized carbons (Fsp3) is 0.824. The molecule has 0 saturated heterocycles. The normalized spacial score (nSPS) is 17.1. The van der Waals surface area contributed by atoms with E-state index in [1.54, 1.807) is 0 Å². The number of nitrogens with zero attached hydrogens (tertiary/aromatic N) is 3. The Bertz CT molecular complexity index is 447. The van der Waals surface area contributed by atoms with Crippen LogP contribution in [-0.4, -0.2) is 38.5 Å². The molecular formula is C17H31N3O. The molecule has 2 rings (SSSR count). The van der Waals surface area contributed by atoms with Gasteiger partial charge < -0.3 is 5.11 Å². The Hall–Kier alpha value is -0.870. The van der Waals surface area contributed by atoms with Crippen LogP contribution in [0, 0.1) is 13.8 Å². The van der Waals surface area contributed by atoms with Gasteiger partial charge >= 0.3 is 0 Å². The predicted octanol–water partition coefficient (Wildman–Crippen LogP) is 3.04. The smallest absolute Gasteiger partial charge is 0.0644 e. The summed E-state index contributed by atoms with van der Waals surface area (Å²) in [5.74, 6) is 0. The van der Waals surface area contributed by atoms with E-state index in [1.807, 2.05) is 4.68 Å². The Labute approximate surface area is 129 Å². The largest absolute Gasteiger partial charge is 0.394 e. The van der Waals surface area contributed by atoms with E-state index in [0.717, 1.165) is 18.3 Å². The molecule has 0 spiro atoms. The summed E-state index contributed by atoms with van der Waals surface area (Å²) in [6.45, 7) is 10.6. The topological polar surface area (TPSA) is 41.3 Å². The fourth-order valence-electron chi connectivity index (χ4n) is 3.60. The third kappa shape index (κ3) is 3.86. The molecule has 21 heavy (non-hydrogen) atoms. The molecule has 4 heteroatoms. The summed E-state index contributed by atoms with van der Waals surface area (Å²) in [7, 11) is 0. The van der Waals surface area contributed by atoms with Crippen molar-refractivity contribution < 1.29 is 5.11 Å². The van der Waals surface area contributed by atoms with Crippen molar-refractivity contribution in [2.24, 2.45) is 0 Å². The monoisotopic (exact) mass is 293 g/mol. The summed E-state index contributed by atoms with van der Waals surface area (Å²) < 4.78 is 1.95. The van der Waals surface area contributed by atoms with Crippen LogP contribution in [0.15, 0.2) is 0 Å². The van der Waals surface area contributed by atoms with Gasteiger partial charge in [0.25, 0.3) is 0 Å². The minimum absolute atomic E-state index is 0.151. The molecule has 0 radical (unpaired) electrons. The second-order valence-corrected chi connectivity index (χ2v) is 6.65. The van der Waals surface area contributed by atoms with E-state index in [9.17, 15) is 0 Å². The van der Waals surface area contributed by atoms with E-state index in [0.29, 0.717) is 12.6 Å². The van der Waals surface area contributed by atoms with E-state index in [-0.39, 0.29) is 6.61 Å². The summed E-state index contributed by atoms with van der Waals surface area (Å²) in [5.41, 5.74) is 3.67. The fourth-order valence-corrected chi connectivity index (χ4v) is 3.60. The van der Waals surface area contributed by atoms with Crippen molar-refractivity contribution in [3.8, 4) is 0 Å². The van der Waals surface area contributed by atoms with E-state index < -0.39 is 0 Å². The van der Waals surface area contributed by atoms with E-state index in [4.69, 9.17) is 5.11 Å². The summed E-state index contributed by atoms with van der Waals surface area (Å²) in [6, 6.07) is 1.28. The number of aliphatic hydroxyl groups is 1. The molecule has 0 amide bonds. The molecule has 1 aliphatic rings. The lowest BCUT2D eigenvalue weighted by molar-refractivity contribution is 0.112. The van der Waals surface area contributed by atoms with Gasteiger partial charge in [0.15, 0.2) is 0 Å². The number of hydrogen-bond donors (Lipinski definition) is 1. The number of rotatable bonds is 6. The van der Waals surface area contributed by atoms with Crippen LogP contribution in [0.2, 0.25) is 0 Å². The van der Waals surface area contributed by atoms with Crippen molar-refractivity contribution >= 4 is 0 Å². The Morgan fingerprint density at radius 3 is 2.48 bits per heavy atom. The lowest BCUT2D eigenvalue weighted by Crippen LogP contribution is -2.41. The van der Waals surface area contributed by atoms with Gasteiger partial charge in [0, 0.05) is 29.9 Å². The molecule has 0 aromatic carbocycles. The molecule has 1 aliphatic carbocycles. The number of aromatic nitrogens is 2. The predicted molar refractivity (Wildman–Crippen MR) is 86.3 cm³/mol. The average Bonchev–Trinajstić information content (AvgIpc) is 2.72. The highest BCUT2D eigenvalue weighted by Crippen LogP contribution is 2.27. The Morgan fingerprint density at radius 2 is 1.90 bits per heavy atom. The van der Waals surface area contributed by atoms with Crippen molar-refractivity contribution in [3.05, 3.63) is 17.0 Å². The summed E-state index contributed by atoms with van der Waals surface area (Å²) in [6.07, 6.45) is 6.81. The molecule has 0 atom stereocenters. The molecule has 1 saturated carbocycles. The molecule has 1 aromatic rings. The molecule has 0 aliphatic heterocycles. The van der Waals surface area contributed by atoms with E-state index >= 15 is 0 Å². The highest BCUT2D eigenvalue weighted by atomic mass is 16.3. The zero-order valence-electron chi connectivity index (χ0n) is 14.1. The second-order valence-electron chi connectivity index (χ2n) is 6.65. The van der Waals surface area contributed by atoms with Crippen LogP contribution in [0.5, 0.6) is 0 Å². The van der Waals surface area contributed by atoms with Crippen LogP contribution < -0.4 is 0 Å². The van der Waals surface area contributed by atoms with Gasteiger partial charge in [-0.15, -0.1) is 0 Å². The van der Waals surface area contributed by atoms with Crippen LogP contribution in [0.25, 0.3) is 0 Å².